The molecule has 0 unspecified atom stereocenters. The summed E-state index contributed by atoms with van der Waals surface area (Å²) in [5.41, 5.74) is 0. The van der Waals surface area contributed by atoms with Gasteiger partial charge in [-0.05, 0) is 5.92 Å². The van der Waals surface area contributed by atoms with E-state index in [0.717, 1.165) is 0 Å². The average Bonchev–Trinajstić information content (AvgIpc) is 2.39. The first kappa shape index (κ1) is 11.0. The molecule has 1 N–H and O–H groups in total. The van der Waals surface area contributed by atoms with Crippen molar-refractivity contribution in [3.8, 4) is 0 Å². The second-order valence-corrected chi connectivity index (χ2v) is 3.74. The minimum absolute atomic E-state index is 0.157. The minimum atomic E-state index is -0.317. The highest BCUT2D eigenvalue weighted by Gasteiger charge is 2.25. The Hall–Kier alpha value is -1.10. The summed E-state index contributed by atoms with van der Waals surface area (Å²) >= 11 is 0. The molecule has 14 heavy (non-hydrogen) atoms. The topological polar surface area (TPSA) is 58.6 Å². The van der Waals surface area contributed by atoms with Crippen molar-refractivity contribution in [2.75, 3.05) is 26.3 Å². The molecule has 1 aliphatic heterocycles. The van der Waals surface area contributed by atoms with Gasteiger partial charge >= 0.3 is 6.03 Å². The van der Waals surface area contributed by atoms with E-state index in [1.165, 1.54) is 4.90 Å². The molecule has 3 amide bonds. The van der Waals surface area contributed by atoms with Crippen LogP contribution in [0.15, 0.2) is 0 Å². The third kappa shape index (κ3) is 3.33. The molecule has 0 atom stereocenters. The Balaban J connectivity index is 2.13. The fourth-order valence-corrected chi connectivity index (χ4v) is 1.16. The van der Waals surface area contributed by atoms with Gasteiger partial charge in [-0.3, -0.25) is 10.1 Å². The molecule has 80 valence electrons. The maximum Gasteiger partial charge on any atom is 0.324 e. The van der Waals surface area contributed by atoms with Crippen molar-refractivity contribution >= 4 is 11.9 Å². The summed E-state index contributed by atoms with van der Waals surface area (Å²) in [6, 6.07) is -0.317. The smallest absolute Gasteiger partial charge is 0.324 e. The predicted molar refractivity (Wildman–Crippen MR) is 50.8 cm³/mol. The van der Waals surface area contributed by atoms with Gasteiger partial charge in [0.25, 0.3) is 0 Å². The third-order valence-corrected chi connectivity index (χ3v) is 1.82. The third-order valence-electron chi connectivity index (χ3n) is 1.82. The van der Waals surface area contributed by atoms with Gasteiger partial charge in [0.05, 0.1) is 6.61 Å². The lowest BCUT2D eigenvalue weighted by Gasteiger charge is -2.13. The molecule has 0 bridgehead atoms. The molecule has 5 heteroatoms. The normalized spacial score (nSPS) is 16.6. The molecule has 5 nitrogen and oxygen atoms in total. The number of imide groups is 1. The quantitative estimate of drug-likeness (QED) is 0.510. The molecule has 0 aromatic heterocycles. The molecule has 0 radical (unpaired) electrons. The summed E-state index contributed by atoms with van der Waals surface area (Å²) in [5, 5.41) is 2.21. The number of rotatable bonds is 5. The summed E-state index contributed by atoms with van der Waals surface area (Å²) < 4.78 is 5.31. The lowest BCUT2D eigenvalue weighted by Crippen LogP contribution is -2.31. The van der Waals surface area contributed by atoms with Gasteiger partial charge in [-0.2, -0.15) is 0 Å². The lowest BCUT2D eigenvalue weighted by atomic mass is 10.2. The SMILES string of the molecule is CC(C)COCCN1CC(=O)NC1=O. The summed E-state index contributed by atoms with van der Waals surface area (Å²) in [7, 11) is 0. The van der Waals surface area contributed by atoms with Crippen molar-refractivity contribution in [3.63, 3.8) is 0 Å². The molecule has 1 aliphatic rings. The van der Waals surface area contributed by atoms with Crippen LogP contribution < -0.4 is 5.32 Å². The van der Waals surface area contributed by atoms with E-state index >= 15 is 0 Å². The lowest BCUT2D eigenvalue weighted by molar-refractivity contribution is -0.118. The van der Waals surface area contributed by atoms with Gasteiger partial charge in [0, 0.05) is 13.2 Å². The largest absolute Gasteiger partial charge is 0.379 e. The van der Waals surface area contributed by atoms with Crippen LogP contribution in [0, 0.1) is 5.92 Å². The van der Waals surface area contributed by atoms with E-state index in [-0.39, 0.29) is 18.5 Å². The summed E-state index contributed by atoms with van der Waals surface area (Å²) in [6.45, 7) is 5.93. The van der Waals surface area contributed by atoms with Crippen LogP contribution in [0.4, 0.5) is 4.79 Å². The van der Waals surface area contributed by atoms with E-state index in [0.29, 0.717) is 25.7 Å². The zero-order valence-corrected chi connectivity index (χ0v) is 8.58. The first-order chi connectivity index (χ1) is 6.59. The molecule has 0 saturated carbocycles. The number of amides is 3. The van der Waals surface area contributed by atoms with Crippen LogP contribution in [-0.4, -0.2) is 43.1 Å². The maximum absolute atomic E-state index is 11.1. The molecule has 0 spiro atoms. The molecule has 0 aromatic rings. The van der Waals surface area contributed by atoms with Gasteiger partial charge in [-0.25, -0.2) is 4.79 Å². The fraction of sp³-hybridized carbons (Fsp3) is 0.778. The second-order valence-electron chi connectivity index (χ2n) is 3.74. The number of hydrogen-bond donors (Lipinski definition) is 1. The number of urea groups is 1. The van der Waals surface area contributed by atoms with Gasteiger partial charge in [0.15, 0.2) is 0 Å². The van der Waals surface area contributed by atoms with Crippen molar-refractivity contribution < 1.29 is 14.3 Å². The Morgan fingerprint density at radius 2 is 2.21 bits per heavy atom. The van der Waals surface area contributed by atoms with E-state index in [4.69, 9.17) is 4.74 Å². The molecular weight excluding hydrogens is 184 g/mol. The van der Waals surface area contributed by atoms with Crippen molar-refractivity contribution in [3.05, 3.63) is 0 Å². The Morgan fingerprint density at radius 3 is 2.71 bits per heavy atom. The molecule has 0 aliphatic carbocycles. The van der Waals surface area contributed by atoms with Crippen molar-refractivity contribution in [2.24, 2.45) is 5.92 Å². The van der Waals surface area contributed by atoms with Gasteiger partial charge in [-0.15, -0.1) is 0 Å². The Morgan fingerprint density at radius 1 is 1.50 bits per heavy atom. The maximum atomic E-state index is 11.1. The Kier molecular flexibility index (Phi) is 3.88. The first-order valence-electron chi connectivity index (χ1n) is 4.76. The van der Waals surface area contributed by atoms with Crippen LogP contribution in [0.2, 0.25) is 0 Å². The van der Waals surface area contributed by atoms with Gasteiger partial charge < -0.3 is 9.64 Å². The summed E-state index contributed by atoms with van der Waals surface area (Å²) in [4.78, 5) is 23.3. The summed E-state index contributed by atoms with van der Waals surface area (Å²) in [6.07, 6.45) is 0. The molecule has 1 saturated heterocycles. The number of nitrogens with one attached hydrogen (secondary N) is 1. The zero-order chi connectivity index (χ0) is 10.6. The average molecular weight is 200 g/mol. The number of nitrogens with zero attached hydrogens (tertiary/aromatic N) is 1. The van der Waals surface area contributed by atoms with Gasteiger partial charge in [0.1, 0.15) is 6.54 Å². The minimum Gasteiger partial charge on any atom is -0.379 e. The van der Waals surface area contributed by atoms with E-state index in [1.54, 1.807) is 0 Å². The van der Waals surface area contributed by atoms with Crippen LogP contribution in [-0.2, 0) is 9.53 Å². The summed E-state index contributed by atoms with van der Waals surface area (Å²) in [5.74, 6) is 0.253. The zero-order valence-electron chi connectivity index (χ0n) is 8.58. The predicted octanol–water partition coefficient (Wildman–Crippen LogP) is 0.211. The first-order valence-corrected chi connectivity index (χ1v) is 4.76. The number of carbonyl (C=O) groups excluding carboxylic acids is 2. The van der Waals surface area contributed by atoms with Crippen molar-refractivity contribution in [2.45, 2.75) is 13.8 Å². The number of ether oxygens (including phenoxy) is 1. The van der Waals surface area contributed by atoms with Crippen LogP contribution in [0.1, 0.15) is 13.8 Å². The van der Waals surface area contributed by atoms with Crippen molar-refractivity contribution in [1.82, 2.24) is 10.2 Å². The molecule has 1 fully saturated rings. The highest BCUT2D eigenvalue weighted by molar-refractivity contribution is 6.01. The number of hydrogen-bond acceptors (Lipinski definition) is 3. The van der Waals surface area contributed by atoms with Crippen LogP contribution in [0.25, 0.3) is 0 Å². The van der Waals surface area contributed by atoms with Crippen LogP contribution >= 0.6 is 0 Å². The van der Waals surface area contributed by atoms with Crippen molar-refractivity contribution in [1.29, 1.82) is 0 Å². The van der Waals surface area contributed by atoms with Crippen LogP contribution in [0.3, 0.4) is 0 Å². The van der Waals surface area contributed by atoms with E-state index in [9.17, 15) is 9.59 Å². The number of carbonyl (C=O) groups is 2. The molecule has 1 rings (SSSR count). The molecule has 1 heterocycles. The molecule has 0 aromatic carbocycles. The Bertz CT molecular complexity index is 228. The monoisotopic (exact) mass is 200 g/mol. The van der Waals surface area contributed by atoms with Gasteiger partial charge in [0.2, 0.25) is 5.91 Å². The highest BCUT2D eigenvalue weighted by Crippen LogP contribution is 1.98. The highest BCUT2D eigenvalue weighted by atomic mass is 16.5. The van der Waals surface area contributed by atoms with E-state index in [1.807, 2.05) is 0 Å². The van der Waals surface area contributed by atoms with E-state index < -0.39 is 0 Å². The standard InChI is InChI=1S/C9H16N2O3/c1-7(2)6-14-4-3-11-5-8(12)10-9(11)13/h7H,3-6H2,1-2H3,(H,10,12,13). The molecular formula is C9H16N2O3. The fourth-order valence-electron chi connectivity index (χ4n) is 1.16. The van der Waals surface area contributed by atoms with E-state index in [2.05, 4.69) is 19.2 Å². The van der Waals surface area contributed by atoms with Gasteiger partial charge in [-0.1, -0.05) is 13.8 Å². The second kappa shape index (κ2) is 4.95. The van der Waals surface area contributed by atoms with Crippen LogP contribution in [0.5, 0.6) is 0 Å². The Labute approximate surface area is 83.4 Å².